The molecular formula is C12H14BrF2NO. The maximum Gasteiger partial charge on any atom is 0.163 e. The van der Waals surface area contributed by atoms with Crippen LogP contribution in [0, 0.1) is 11.6 Å². The molecule has 94 valence electrons. The van der Waals surface area contributed by atoms with E-state index in [4.69, 9.17) is 4.74 Å². The zero-order valence-electron chi connectivity index (χ0n) is 9.71. The van der Waals surface area contributed by atoms with Gasteiger partial charge in [0.2, 0.25) is 0 Å². The minimum atomic E-state index is -0.550. The van der Waals surface area contributed by atoms with Crippen molar-refractivity contribution in [2.24, 2.45) is 0 Å². The second-order valence-electron chi connectivity index (χ2n) is 4.35. The number of hydrogen-bond donors (Lipinski definition) is 0. The minimum Gasteiger partial charge on any atom is -0.372 e. The van der Waals surface area contributed by atoms with Gasteiger partial charge >= 0.3 is 0 Å². The van der Waals surface area contributed by atoms with Gasteiger partial charge in [0.15, 0.2) is 5.82 Å². The van der Waals surface area contributed by atoms with E-state index in [-0.39, 0.29) is 22.4 Å². The van der Waals surface area contributed by atoms with Crippen molar-refractivity contribution in [3.05, 3.63) is 28.2 Å². The first kappa shape index (κ1) is 12.8. The van der Waals surface area contributed by atoms with Crippen LogP contribution in [-0.4, -0.2) is 25.3 Å². The number of halogens is 3. The lowest BCUT2D eigenvalue weighted by Crippen LogP contribution is -2.46. The molecule has 0 saturated carbocycles. The maximum atomic E-state index is 13.9. The second kappa shape index (κ2) is 4.90. The topological polar surface area (TPSA) is 12.5 Å². The Labute approximate surface area is 108 Å². The molecule has 5 heteroatoms. The van der Waals surface area contributed by atoms with Gasteiger partial charge in [-0.2, -0.15) is 0 Å². The number of rotatable bonds is 1. The third-order valence-electron chi connectivity index (χ3n) is 2.76. The van der Waals surface area contributed by atoms with Gasteiger partial charge < -0.3 is 9.64 Å². The van der Waals surface area contributed by atoms with Crippen LogP contribution in [0.4, 0.5) is 14.5 Å². The third kappa shape index (κ3) is 2.60. The average Bonchev–Trinajstić information content (AvgIpc) is 2.23. The van der Waals surface area contributed by atoms with E-state index in [0.29, 0.717) is 13.1 Å². The number of nitrogens with zero attached hydrogens (tertiary/aromatic N) is 1. The summed E-state index contributed by atoms with van der Waals surface area (Å²) in [5.41, 5.74) is 0.0291. The molecule has 1 fully saturated rings. The van der Waals surface area contributed by atoms with Crippen molar-refractivity contribution < 1.29 is 13.5 Å². The van der Waals surface area contributed by atoms with Gasteiger partial charge in [-0.1, -0.05) is 0 Å². The van der Waals surface area contributed by atoms with E-state index in [1.54, 1.807) is 4.90 Å². The van der Waals surface area contributed by atoms with Gasteiger partial charge in [-0.05, 0) is 41.9 Å². The Balaban J connectivity index is 2.36. The van der Waals surface area contributed by atoms with Gasteiger partial charge in [-0.25, -0.2) is 8.78 Å². The molecule has 1 aromatic carbocycles. The van der Waals surface area contributed by atoms with E-state index < -0.39 is 11.6 Å². The molecule has 1 saturated heterocycles. The van der Waals surface area contributed by atoms with E-state index in [1.165, 1.54) is 12.1 Å². The number of benzene rings is 1. The predicted octanol–water partition coefficient (Wildman–Crippen LogP) is 3.34. The van der Waals surface area contributed by atoms with Crippen LogP contribution in [0.15, 0.2) is 16.6 Å². The number of hydrogen-bond acceptors (Lipinski definition) is 2. The fourth-order valence-electron chi connectivity index (χ4n) is 2.17. The van der Waals surface area contributed by atoms with Gasteiger partial charge in [0.05, 0.1) is 16.7 Å². The maximum absolute atomic E-state index is 13.9. The normalized spacial score (nSPS) is 25.1. The highest BCUT2D eigenvalue weighted by atomic mass is 79.9. The molecule has 1 heterocycles. The molecule has 0 aromatic heterocycles. The molecule has 0 amide bonds. The smallest absolute Gasteiger partial charge is 0.163 e. The van der Waals surface area contributed by atoms with Crippen molar-refractivity contribution in [1.82, 2.24) is 0 Å². The largest absolute Gasteiger partial charge is 0.372 e. The summed E-state index contributed by atoms with van der Waals surface area (Å²) in [6, 6.07) is 2.65. The number of anilines is 1. The standard InChI is InChI=1S/C12H14BrF2NO/c1-7-5-16(6-8(2)17-7)12-10(14)4-3-9(13)11(12)15/h3-4,7-8H,5-6H2,1-2H3/t7-,8+. The molecular weight excluding hydrogens is 292 g/mol. The highest BCUT2D eigenvalue weighted by Gasteiger charge is 2.27. The Kier molecular flexibility index (Phi) is 3.68. The molecule has 1 aliphatic rings. The summed E-state index contributed by atoms with van der Waals surface area (Å²) < 4.78 is 33.5. The Bertz CT molecular complexity index is 417. The summed E-state index contributed by atoms with van der Waals surface area (Å²) in [6.07, 6.45) is -0.0620. The molecule has 0 spiro atoms. The molecule has 1 aromatic rings. The van der Waals surface area contributed by atoms with Crippen LogP contribution < -0.4 is 4.90 Å². The van der Waals surface area contributed by atoms with Gasteiger partial charge in [0.1, 0.15) is 11.5 Å². The highest BCUT2D eigenvalue weighted by molar-refractivity contribution is 9.10. The van der Waals surface area contributed by atoms with Gasteiger partial charge in [0, 0.05) is 13.1 Å². The van der Waals surface area contributed by atoms with Gasteiger partial charge in [0.25, 0.3) is 0 Å². The van der Waals surface area contributed by atoms with Crippen molar-refractivity contribution in [1.29, 1.82) is 0 Å². The zero-order chi connectivity index (χ0) is 12.6. The predicted molar refractivity (Wildman–Crippen MR) is 66.3 cm³/mol. The van der Waals surface area contributed by atoms with E-state index in [9.17, 15) is 8.78 Å². The van der Waals surface area contributed by atoms with Crippen LogP contribution in [0.25, 0.3) is 0 Å². The molecule has 1 aliphatic heterocycles. The minimum absolute atomic E-state index is 0.0291. The molecule has 2 rings (SSSR count). The van der Waals surface area contributed by atoms with Crippen molar-refractivity contribution in [2.75, 3.05) is 18.0 Å². The molecule has 0 bridgehead atoms. The Morgan fingerprint density at radius 1 is 1.24 bits per heavy atom. The van der Waals surface area contributed by atoms with Crippen molar-refractivity contribution in [2.45, 2.75) is 26.1 Å². The first-order valence-corrected chi connectivity index (χ1v) is 6.32. The Morgan fingerprint density at radius 2 is 1.82 bits per heavy atom. The fourth-order valence-corrected chi connectivity index (χ4v) is 2.49. The highest BCUT2D eigenvalue weighted by Crippen LogP contribution is 2.31. The molecule has 0 N–H and O–H groups in total. The SMILES string of the molecule is C[C@@H]1CN(c2c(F)ccc(Br)c2F)C[C@H](C)O1. The van der Waals surface area contributed by atoms with Crippen LogP contribution in [0.3, 0.4) is 0 Å². The lowest BCUT2D eigenvalue weighted by molar-refractivity contribution is -0.00558. The van der Waals surface area contributed by atoms with Crippen molar-refractivity contribution in [3.63, 3.8) is 0 Å². The van der Waals surface area contributed by atoms with Crippen LogP contribution in [0.2, 0.25) is 0 Å². The summed E-state index contributed by atoms with van der Waals surface area (Å²) in [7, 11) is 0. The summed E-state index contributed by atoms with van der Waals surface area (Å²) in [5.74, 6) is -1.08. The second-order valence-corrected chi connectivity index (χ2v) is 5.21. The molecule has 0 aliphatic carbocycles. The Hall–Kier alpha value is -0.680. The van der Waals surface area contributed by atoms with Crippen molar-refractivity contribution in [3.8, 4) is 0 Å². The van der Waals surface area contributed by atoms with Gasteiger partial charge in [-0.15, -0.1) is 0 Å². The molecule has 17 heavy (non-hydrogen) atoms. The summed E-state index contributed by atoms with van der Waals surface area (Å²) >= 11 is 3.08. The summed E-state index contributed by atoms with van der Waals surface area (Å²) in [6.45, 7) is 4.79. The summed E-state index contributed by atoms with van der Waals surface area (Å²) in [4.78, 5) is 1.70. The number of morpholine rings is 1. The molecule has 0 radical (unpaired) electrons. The fraction of sp³-hybridized carbons (Fsp3) is 0.500. The van der Waals surface area contributed by atoms with Crippen LogP contribution in [-0.2, 0) is 4.74 Å². The zero-order valence-corrected chi connectivity index (χ0v) is 11.3. The van der Waals surface area contributed by atoms with E-state index in [0.717, 1.165) is 0 Å². The first-order chi connectivity index (χ1) is 7.99. The van der Waals surface area contributed by atoms with Crippen LogP contribution in [0.5, 0.6) is 0 Å². The molecule has 0 unspecified atom stereocenters. The quantitative estimate of drug-likeness (QED) is 0.738. The average molecular weight is 306 g/mol. The van der Waals surface area contributed by atoms with E-state index in [2.05, 4.69) is 15.9 Å². The van der Waals surface area contributed by atoms with Gasteiger partial charge in [-0.3, -0.25) is 0 Å². The van der Waals surface area contributed by atoms with E-state index >= 15 is 0 Å². The lowest BCUT2D eigenvalue weighted by Gasteiger charge is -2.37. The molecule has 2 atom stereocenters. The monoisotopic (exact) mass is 305 g/mol. The Morgan fingerprint density at radius 3 is 2.41 bits per heavy atom. The third-order valence-corrected chi connectivity index (χ3v) is 3.37. The summed E-state index contributed by atoms with van der Waals surface area (Å²) in [5, 5.41) is 0. The van der Waals surface area contributed by atoms with Crippen LogP contribution in [0.1, 0.15) is 13.8 Å². The van der Waals surface area contributed by atoms with Crippen molar-refractivity contribution >= 4 is 21.6 Å². The first-order valence-electron chi connectivity index (χ1n) is 5.53. The molecule has 2 nitrogen and oxygen atoms in total. The van der Waals surface area contributed by atoms with E-state index in [1.807, 2.05) is 13.8 Å². The number of ether oxygens (including phenoxy) is 1. The lowest BCUT2D eigenvalue weighted by atomic mass is 10.2. The van der Waals surface area contributed by atoms with Crippen LogP contribution >= 0.6 is 15.9 Å².